The summed E-state index contributed by atoms with van der Waals surface area (Å²) in [5.74, 6) is 0.345. The second kappa shape index (κ2) is 8.70. The van der Waals surface area contributed by atoms with Crippen LogP contribution < -0.4 is 0 Å². The van der Waals surface area contributed by atoms with E-state index in [9.17, 15) is 4.79 Å². The average Bonchev–Trinajstić information content (AvgIpc) is 3.25. The molecule has 0 spiro atoms. The molecule has 148 valence electrons. The number of hydrogen-bond acceptors (Lipinski definition) is 6. The quantitative estimate of drug-likeness (QED) is 0.427. The van der Waals surface area contributed by atoms with Crippen molar-refractivity contribution in [3.05, 3.63) is 52.3 Å². The van der Waals surface area contributed by atoms with Gasteiger partial charge in [-0.1, -0.05) is 23.9 Å². The summed E-state index contributed by atoms with van der Waals surface area (Å²) >= 11 is 1.35. The zero-order chi connectivity index (χ0) is 20.3. The van der Waals surface area contributed by atoms with Crippen LogP contribution in [0.25, 0.3) is 5.69 Å². The summed E-state index contributed by atoms with van der Waals surface area (Å²) in [7, 11) is 1.68. The van der Waals surface area contributed by atoms with E-state index in [4.69, 9.17) is 4.74 Å². The predicted octanol–water partition coefficient (Wildman–Crippen LogP) is 3.32. The third kappa shape index (κ3) is 4.02. The molecule has 0 saturated carbocycles. The van der Waals surface area contributed by atoms with Crippen molar-refractivity contribution in [1.29, 1.82) is 0 Å². The van der Waals surface area contributed by atoms with E-state index in [-0.39, 0.29) is 11.5 Å². The minimum atomic E-state index is 0.0669. The highest BCUT2D eigenvalue weighted by atomic mass is 32.2. The molecule has 2 heterocycles. The van der Waals surface area contributed by atoms with E-state index < -0.39 is 0 Å². The number of carbonyl (C=O) groups is 1. The molecule has 1 aromatic carbocycles. The molecule has 0 radical (unpaired) electrons. The maximum Gasteiger partial charge on any atom is 0.214 e. The van der Waals surface area contributed by atoms with Crippen LogP contribution in [0.1, 0.15) is 32.9 Å². The van der Waals surface area contributed by atoms with E-state index in [1.807, 2.05) is 39.0 Å². The summed E-state index contributed by atoms with van der Waals surface area (Å²) in [4.78, 5) is 12.8. The van der Waals surface area contributed by atoms with Crippen molar-refractivity contribution in [1.82, 2.24) is 24.8 Å². The first kappa shape index (κ1) is 20.3. The molecule has 0 bridgehead atoms. The second-order valence-electron chi connectivity index (χ2n) is 6.73. The first-order valence-electron chi connectivity index (χ1n) is 9.10. The highest BCUT2D eigenvalue weighted by molar-refractivity contribution is 7.99. The number of tetrazole rings is 1. The molecule has 0 fully saturated rings. The Morgan fingerprint density at radius 1 is 1.21 bits per heavy atom. The van der Waals surface area contributed by atoms with Crippen molar-refractivity contribution in [2.24, 2.45) is 0 Å². The van der Waals surface area contributed by atoms with Crippen LogP contribution in [0, 0.1) is 27.7 Å². The number of ether oxygens (including phenoxy) is 1. The molecule has 0 aliphatic carbocycles. The first-order chi connectivity index (χ1) is 13.4. The van der Waals surface area contributed by atoms with Crippen LogP contribution in [0.5, 0.6) is 0 Å². The lowest BCUT2D eigenvalue weighted by Gasteiger charge is -2.10. The molecule has 8 heteroatoms. The Balaban J connectivity index is 1.77. The summed E-state index contributed by atoms with van der Waals surface area (Å²) in [5, 5.41) is 12.6. The fraction of sp³-hybridized carbons (Fsp3) is 0.400. The standard InChI is InChI=1S/C20H25N5O2S/c1-13-7-6-8-18(15(13)3)25-20(21-22-23-25)28-12-19(26)17-11-14(2)24(16(17)4)9-10-27-5/h6-8,11H,9-10,12H2,1-5H3. The smallest absolute Gasteiger partial charge is 0.214 e. The molecule has 0 aliphatic heterocycles. The van der Waals surface area contributed by atoms with E-state index in [0.29, 0.717) is 11.8 Å². The number of rotatable bonds is 8. The fourth-order valence-corrected chi connectivity index (χ4v) is 3.97. The van der Waals surface area contributed by atoms with Crippen LogP contribution in [0.2, 0.25) is 0 Å². The lowest BCUT2D eigenvalue weighted by molar-refractivity contribution is 0.102. The van der Waals surface area contributed by atoms with Gasteiger partial charge in [-0.05, 0) is 61.4 Å². The number of benzene rings is 1. The van der Waals surface area contributed by atoms with Gasteiger partial charge in [0.2, 0.25) is 5.16 Å². The van der Waals surface area contributed by atoms with Gasteiger partial charge in [0.15, 0.2) is 5.78 Å². The zero-order valence-electron chi connectivity index (χ0n) is 16.9. The topological polar surface area (TPSA) is 74.8 Å². The molecule has 0 amide bonds. The van der Waals surface area contributed by atoms with Gasteiger partial charge < -0.3 is 9.30 Å². The van der Waals surface area contributed by atoms with Crippen molar-refractivity contribution < 1.29 is 9.53 Å². The summed E-state index contributed by atoms with van der Waals surface area (Å²) < 4.78 is 8.97. The molecule has 28 heavy (non-hydrogen) atoms. The molecule has 7 nitrogen and oxygen atoms in total. The number of aryl methyl sites for hydroxylation is 2. The van der Waals surface area contributed by atoms with Crippen LogP contribution in [0.15, 0.2) is 29.4 Å². The molecule has 0 N–H and O–H groups in total. The van der Waals surface area contributed by atoms with Crippen LogP contribution in [-0.2, 0) is 11.3 Å². The van der Waals surface area contributed by atoms with E-state index in [2.05, 4.69) is 33.1 Å². The molecule has 3 rings (SSSR count). The highest BCUT2D eigenvalue weighted by Gasteiger charge is 2.18. The van der Waals surface area contributed by atoms with Gasteiger partial charge >= 0.3 is 0 Å². The van der Waals surface area contributed by atoms with Gasteiger partial charge in [0.05, 0.1) is 18.0 Å². The molecule has 3 aromatic rings. The highest BCUT2D eigenvalue weighted by Crippen LogP contribution is 2.24. The number of Topliss-reactive ketones (excluding diaryl/α,β-unsaturated/α-hetero) is 1. The molecular formula is C20H25N5O2S. The number of nitrogens with zero attached hydrogens (tertiary/aromatic N) is 5. The summed E-state index contributed by atoms with van der Waals surface area (Å²) in [6.45, 7) is 9.43. The normalized spacial score (nSPS) is 11.2. The Kier molecular flexibility index (Phi) is 6.31. The molecular weight excluding hydrogens is 374 g/mol. The number of aromatic nitrogens is 5. The van der Waals surface area contributed by atoms with Crippen LogP contribution in [-0.4, -0.2) is 50.0 Å². The largest absolute Gasteiger partial charge is 0.383 e. The van der Waals surface area contributed by atoms with Crippen LogP contribution >= 0.6 is 11.8 Å². The minimum Gasteiger partial charge on any atom is -0.383 e. The summed E-state index contributed by atoms with van der Waals surface area (Å²) in [6.07, 6.45) is 0. The van der Waals surface area contributed by atoms with Crippen molar-refractivity contribution in [2.45, 2.75) is 39.4 Å². The maximum absolute atomic E-state index is 12.8. The van der Waals surface area contributed by atoms with Crippen molar-refractivity contribution in [2.75, 3.05) is 19.5 Å². The SMILES string of the molecule is COCCn1c(C)cc(C(=O)CSc2nnnn2-c2cccc(C)c2C)c1C. The molecule has 0 saturated heterocycles. The third-order valence-electron chi connectivity index (χ3n) is 4.97. The molecule has 0 unspecified atom stereocenters. The van der Waals surface area contributed by atoms with Gasteiger partial charge in [0, 0.05) is 30.6 Å². The summed E-state index contributed by atoms with van der Waals surface area (Å²) in [5.41, 5.74) is 5.98. The van der Waals surface area contributed by atoms with Gasteiger partial charge in [0.25, 0.3) is 0 Å². The van der Waals surface area contributed by atoms with E-state index in [1.54, 1.807) is 11.8 Å². The van der Waals surface area contributed by atoms with Gasteiger partial charge in [-0.3, -0.25) is 4.79 Å². The second-order valence-corrected chi connectivity index (χ2v) is 7.68. The van der Waals surface area contributed by atoms with E-state index >= 15 is 0 Å². The Morgan fingerprint density at radius 2 is 2.00 bits per heavy atom. The minimum absolute atomic E-state index is 0.0669. The Hall–Kier alpha value is -2.45. The average molecular weight is 400 g/mol. The zero-order valence-corrected chi connectivity index (χ0v) is 17.7. The molecule has 0 aliphatic rings. The van der Waals surface area contributed by atoms with Crippen LogP contribution in [0.3, 0.4) is 0 Å². The first-order valence-corrected chi connectivity index (χ1v) is 10.1. The maximum atomic E-state index is 12.8. The van der Waals surface area contributed by atoms with Gasteiger partial charge in [-0.25, -0.2) is 0 Å². The third-order valence-corrected chi connectivity index (χ3v) is 5.89. The van der Waals surface area contributed by atoms with Crippen LogP contribution in [0.4, 0.5) is 0 Å². The number of methoxy groups -OCH3 is 1. The molecule has 0 atom stereocenters. The van der Waals surface area contributed by atoms with Crippen molar-refractivity contribution in [3.63, 3.8) is 0 Å². The lowest BCUT2D eigenvalue weighted by atomic mass is 10.1. The number of carbonyl (C=O) groups excluding carboxylic acids is 1. The Labute approximate surface area is 169 Å². The Bertz CT molecular complexity index is 993. The van der Waals surface area contributed by atoms with Gasteiger partial charge in [0.1, 0.15) is 0 Å². The Morgan fingerprint density at radius 3 is 2.75 bits per heavy atom. The van der Waals surface area contributed by atoms with Crippen molar-refractivity contribution >= 4 is 17.5 Å². The van der Waals surface area contributed by atoms with Gasteiger partial charge in [-0.15, -0.1) is 5.10 Å². The monoisotopic (exact) mass is 399 g/mol. The molecule has 2 aromatic heterocycles. The summed E-state index contributed by atoms with van der Waals surface area (Å²) in [6, 6.07) is 7.96. The van der Waals surface area contributed by atoms with Gasteiger partial charge in [-0.2, -0.15) is 4.68 Å². The number of thioether (sulfide) groups is 1. The lowest BCUT2D eigenvalue weighted by Crippen LogP contribution is -2.10. The van der Waals surface area contributed by atoms with E-state index in [1.165, 1.54) is 17.3 Å². The van der Waals surface area contributed by atoms with E-state index in [0.717, 1.165) is 34.7 Å². The predicted molar refractivity (Wildman–Crippen MR) is 109 cm³/mol. The number of hydrogen-bond donors (Lipinski definition) is 0. The van der Waals surface area contributed by atoms with Crippen molar-refractivity contribution in [3.8, 4) is 5.69 Å². The number of ketones is 1. The fourth-order valence-electron chi connectivity index (χ4n) is 3.20.